The Labute approximate surface area is 238 Å². The van der Waals surface area contributed by atoms with E-state index in [0.717, 1.165) is 48.2 Å². The van der Waals surface area contributed by atoms with Crippen molar-refractivity contribution < 1.29 is 14.4 Å². The van der Waals surface area contributed by atoms with E-state index in [1.165, 1.54) is 4.90 Å². The molecule has 5 aliphatic rings. The molecular formula is C31H26Br2N2O3. The van der Waals surface area contributed by atoms with Crippen LogP contribution in [0.2, 0.25) is 0 Å². The summed E-state index contributed by atoms with van der Waals surface area (Å²) in [5.74, 6) is -1.21. The third-order valence-electron chi connectivity index (χ3n) is 9.01. The van der Waals surface area contributed by atoms with Crippen molar-refractivity contribution in [1.29, 1.82) is 0 Å². The summed E-state index contributed by atoms with van der Waals surface area (Å²) in [5, 5.41) is 0. The van der Waals surface area contributed by atoms with Crippen LogP contribution in [0.15, 0.2) is 72.8 Å². The lowest BCUT2D eigenvalue weighted by Gasteiger charge is -2.55. The van der Waals surface area contributed by atoms with Crippen molar-refractivity contribution in [3.8, 4) is 0 Å². The summed E-state index contributed by atoms with van der Waals surface area (Å²) >= 11 is 8.09. The van der Waals surface area contributed by atoms with E-state index < -0.39 is 20.5 Å². The van der Waals surface area contributed by atoms with E-state index in [-0.39, 0.29) is 17.7 Å². The molecule has 0 N–H and O–H groups in total. The van der Waals surface area contributed by atoms with Gasteiger partial charge in [-0.1, -0.05) is 93.4 Å². The molecule has 0 radical (unpaired) electrons. The number of benzene rings is 3. The van der Waals surface area contributed by atoms with Crippen molar-refractivity contribution in [2.75, 3.05) is 18.0 Å². The van der Waals surface area contributed by atoms with Gasteiger partial charge in [0.15, 0.2) is 0 Å². The van der Waals surface area contributed by atoms with Crippen molar-refractivity contribution in [2.24, 2.45) is 17.8 Å². The number of rotatable bonds is 2. The zero-order valence-electron chi connectivity index (χ0n) is 20.9. The van der Waals surface area contributed by atoms with Crippen LogP contribution in [-0.2, 0) is 18.2 Å². The largest absolute Gasteiger partial charge is 0.339 e. The molecule has 3 aromatic carbocycles. The molecule has 5 nitrogen and oxygen atoms in total. The second kappa shape index (κ2) is 8.36. The Morgan fingerprint density at radius 1 is 0.763 bits per heavy atom. The lowest BCUT2D eigenvalue weighted by Crippen LogP contribution is -2.56. The van der Waals surface area contributed by atoms with Crippen LogP contribution in [0, 0.1) is 17.8 Å². The monoisotopic (exact) mass is 632 g/mol. The molecule has 0 unspecified atom stereocenters. The molecule has 2 fully saturated rings. The number of amides is 3. The van der Waals surface area contributed by atoms with Gasteiger partial charge in [-0.15, -0.1) is 0 Å². The quantitative estimate of drug-likeness (QED) is 0.258. The first-order valence-corrected chi connectivity index (χ1v) is 14.7. The molecule has 2 aliphatic heterocycles. The highest BCUT2D eigenvalue weighted by Gasteiger charge is 2.72. The maximum atomic E-state index is 14.3. The molecule has 7 heteroatoms. The first-order chi connectivity index (χ1) is 18.3. The van der Waals surface area contributed by atoms with Crippen LogP contribution in [-0.4, -0.2) is 35.7 Å². The van der Waals surface area contributed by atoms with Gasteiger partial charge in [-0.3, -0.25) is 14.4 Å². The maximum Gasteiger partial charge on any atom is 0.253 e. The topological polar surface area (TPSA) is 57.7 Å². The zero-order valence-corrected chi connectivity index (χ0v) is 24.0. The van der Waals surface area contributed by atoms with Gasteiger partial charge in [0, 0.05) is 18.7 Å². The van der Waals surface area contributed by atoms with Gasteiger partial charge in [-0.05, 0) is 59.2 Å². The molecule has 2 bridgehead atoms. The second-order valence-electron chi connectivity index (χ2n) is 11.0. The molecule has 2 saturated heterocycles. The van der Waals surface area contributed by atoms with Crippen molar-refractivity contribution in [2.45, 2.75) is 28.4 Å². The van der Waals surface area contributed by atoms with Crippen molar-refractivity contribution in [1.82, 2.24) is 4.90 Å². The third kappa shape index (κ3) is 3.00. The fourth-order valence-electron chi connectivity index (χ4n) is 7.09. The van der Waals surface area contributed by atoms with Gasteiger partial charge >= 0.3 is 0 Å². The van der Waals surface area contributed by atoms with E-state index in [4.69, 9.17) is 0 Å². The molecule has 2 atom stereocenters. The van der Waals surface area contributed by atoms with E-state index in [0.29, 0.717) is 17.2 Å². The van der Waals surface area contributed by atoms with Crippen molar-refractivity contribution in [3.05, 3.63) is 101 Å². The second-order valence-corrected chi connectivity index (χ2v) is 13.5. The Kier molecular flexibility index (Phi) is 5.34. The smallest absolute Gasteiger partial charge is 0.253 e. The summed E-state index contributed by atoms with van der Waals surface area (Å²) in [4.78, 5) is 45.1. The number of anilines is 1. The summed E-state index contributed by atoms with van der Waals surface area (Å²) < 4.78 is -1.67. The highest BCUT2D eigenvalue weighted by Crippen LogP contribution is 2.70. The standard InChI is InChI=1S/C31H26Br2N2O3/c1-18-13-15-34(16-14-18)27(36)19-7-6-8-20(17-19)35-28(37)25-26(29(35)38)31(33)22-10-3-2-9-21(22)30(25,32)23-11-4-5-12-24(23)31/h2-12,17-18,25-26H,13-16H2,1H3/t25-,26+,30?,31?. The predicted molar refractivity (Wildman–Crippen MR) is 153 cm³/mol. The molecule has 0 aromatic heterocycles. The van der Waals surface area contributed by atoms with Crippen LogP contribution in [0.3, 0.4) is 0 Å². The van der Waals surface area contributed by atoms with Gasteiger partial charge in [-0.2, -0.15) is 0 Å². The molecule has 8 rings (SSSR count). The summed E-state index contributed by atoms with van der Waals surface area (Å²) in [5.41, 5.74) is 4.96. The van der Waals surface area contributed by atoms with Gasteiger partial charge in [0.1, 0.15) is 0 Å². The molecule has 192 valence electrons. The SMILES string of the molecule is CC1CCN(C(=O)c2cccc(N3C(=O)[C@@H]4[C@H](C3=O)C3(Br)c5ccccc5C4(Br)c4ccccc43)c2)CC1. The average Bonchev–Trinajstić information content (AvgIpc) is 3.22. The molecule has 3 aromatic rings. The Bertz CT molecular complexity index is 1410. The summed E-state index contributed by atoms with van der Waals surface area (Å²) in [6.45, 7) is 3.67. The number of carbonyl (C=O) groups excluding carboxylic acids is 3. The number of alkyl halides is 2. The van der Waals surface area contributed by atoms with E-state index in [1.807, 2.05) is 53.4 Å². The number of imide groups is 1. The van der Waals surface area contributed by atoms with E-state index in [1.54, 1.807) is 24.3 Å². The number of piperidine rings is 1. The minimum absolute atomic E-state index is 0.0518. The van der Waals surface area contributed by atoms with E-state index in [9.17, 15) is 14.4 Å². The van der Waals surface area contributed by atoms with Crippen LogP contribution >= 0.6 is 31.9 Å². The van der Waals surface area contributed by atoms with Gasteiger partial charge in [0.05, 0.1) is 26.2 Å². The van der Waals surface area contributed by atoms with Gasteiger partial charge in [0.2, 0.25) is 11.8 Å². The van der Waals surface area contributed by atoms with Gasteiger partial charge in [0.25, 0.3) is 5.91 Å². The predicted octanol–water partition coefficient (Wildman–Crippen LogP) is 5.97. The first kappa shape index (κ1) is 24.3. The number of carbonyl (C=O) groups is 3. The first-order valence-electron chi connectivity index (χ1n) is 13.1. The fourth-order valence-corrected chi connectivity index (χ4v) is 9.40. The number of halogens is 2. The van der Waals surface area contributed by atoms with Gasteiger partial charge < -0.3 is 4.90 Å². The molecule has 0 spiro atoms. The Morgan fingerprint density at radius 3 is 1.71 bits per heavy atom. The highest BCUT2D eigenvalue weighted by atomic mass is 79.9. The van der Waals surface area contributed by atoms with Crippen molar-refractivity contribution >= 4 is 55.3 Å². The molecule has 0 saturated carbocycles. The van der Waals surface area contributed by atoms with Gasteiger partial charge in [-0.25, -0.2) is 4.90 Å². The molecule has 3 aliphatic carbocycles. The Hall–Kier alpha value is -2.77. The van der Waals surface area contributed by atoms with Crippen molar-refractivity contribution in [3.63, 3.8) is 0 Å². The van der Waals surface area contributed by atoms with E-state index >= 15 is 0 Å². The Morgan fingerprint density at radius 2 is 1.24 bits per heavy atom. The summed E-state index contributed by atoms with van der Waals surface area (Å²) in [7, 11) is 0. The van der Waals surface area contributed by atoms with Crippen LogP contribution in [0.25, 0.3) is 0 Å². The summed E-state index contributed by atoms with van der Waals surface area (Å²) in [6, 6.07) is 23.1. The average molecular weight is 634 g/mol. The molecular weight excluding hydrogens is 608 g/mol. The fraction of sp³-hybridized carbons (Fsp3) is 0.323. The Balaban J connectivity index is 1.33. The van der Waals surface area contributed by atoms with Crippen LogP contribution < -0.4 is 4.90 Å². The maximum absolute atomic E-state index is 14.3. The lowest BCUT2D eigenvalue weighted by atomic mass is 9.54. The normalized spacial score (nSPS) is 29.8. The van der Waals surface area contributed by atoms with E-state index in [2.05, 4.69) is 38.8 Å². The lowest BCUT2D eigenvalue weighted by molar-refractivity contribution is -0.122. The summed E-state index contributed by atoms with van der Waals surface area (Å²) in [6.07, 6.45) is 1.97. The third-order valence-corrected chi connectivity index (χ3v) is 11.7. The molecule has 3 amide bonds. The zero-order chi connectivity index (χ0) is 26.4. The number of hydrogen-bond acceptors (Lipinski definition) is 3. The molecule has 2 heterocycles. The number of hydrogen-bond donors (Lipinski definition) is 0. The van der Waals surface area contributed by atoms with Crippen LogP contribution in [0.1, 0.15) is 52.4 Å². The highest BCUT2D eigenvalue weighted by molar-refractivity contribution is 9.10. The number of likely N-dealkylation sites (tertiary alicyclic amines) is 1. The van der Waals surface area contributed by atoms with Crippen LogP contribution in [0.5, 0.6) is 0 Å². The minimum atomic E-state index is -0.834. The molecule has 38 heavy (non-hydrogen) atoms. The number of nitrogens with zero attached hydrogens (tertiary/aromatic N) is 2. The minimum Gasteiger partial charge on any atom is -0.339 e. The van der Waals surface area contributed by atoms with Crippen LogP contribution in [0.4, 0.5) is 5.69 Å².